The van der Waals surface area contributed by atoms with Gasteiger partial charge in [0.25, 0.3) is 0 Å². The molecule has 0 aliphatic heterocycles. The average molecular weight is 559 g/mol. The molecule has 0 aliphatic carbocycles. The smallest absolute Gasteiger partial charge is 0.0626 e. The Morgan fingerprint density at radius 2 is 0.886 bits per heavy atom. The van der Waals surface area contributed by atoms with E-state index in [1.54, 1.807) is 0 Å². The first kappa shape index (κ1) is 23.7. The summed E-state index contributed by atoms with van der Waals surface area (Å²) in [5.74, 6) is 0. The lowest BCUT2D eigenvalue weighted by Gasteiger charge is -2.14. The Morgan fingerprint density at radius 3 is 1.68 bits per heavy atom. The van der Waals surface area contributed by atoms with Crippen LogP contribution >= 0.6 is 0 Å². The van der Waals surface area contributed by atoms with Gasteiger partial charge in [-0.2, -0.15) is 0 Å². The van der Waals surface area contributed by atoms with Crippen LogP contribution in [0.3, 0.4) is 0 Å². The molecule has 0 spiro atoms. The highest BCUT2D eigenvalue weighted by atomic mass is 15.0. The SMILES string of the molecule is c1ccc(-n2c3ccccc3c3cc(-n4c5ccccc5c5c6ccccc6c6c7ccccc7ccc6c54)ccc32)cc1. The highest BCUT2D eigenvalue weighted by Crippen LogP contribution is 2.45. The Bertz CT molecular complexity index is 2760. The molecule has 0 aliphatic rings. The molecular weight excluding hydrogens is 532 g/mol. The number of benzene rings is 8. The zero-order chi connectivity index (χ0) is 28.8. The Labute approximate surface area is 253 Å². The first-order valence-corrected chi connectivity index (χ1v) is 15.2. The Morgan fingerprint density at radius 1 is 0.295 bits per heavy atom. The molecule has 0 atom stereocenters. The minimum absolute atomic E-state index is 1.17. The van der Waals surface area contributed by atoms with Crippen LogP contribution in [-0.2, 0) is 0 Å². The van der Waals surface area contributed by atoms with Gasteiger partial charge in [0, 0.05) is 38.3 Å². The van der Waals surface area contributed by atoms with Crippen molar-refractivity contribution in [2.24, 2.45) is 0 Å². The molecule has 2 aromatic heterocycles. The summed E-state index contributed by atoms with van der Waals surface area (Å²) in [6, 6.07) is 57.7. The monoisotopic (exact) mass is 558 g/mol. The van der Waals surface area contributed by atoms with Crippen molar-refractivity contribution >= 4 is 75.9 Å². The molecule has 44 heavy (non-hydrogen) atoms. The molecule has 0 unspecified atom stereocenters. The Balaban J connectivity index is 1.40. The summed E-state index contributed by atoms with van der Waals surface area (Å²) >= 11 is 0. The first-order chi connectivity index (χ1) is 21.9. The normalized spacial score (nSPS) is 12.1. The van der Waals surface area contributed by atoms with E-state index in [1.807, 2.05) is 0 Å². The van der Waals surface area contributed by atoms with Crippen LogP contribution in [0.2, 0.25) is 0 Å². The van der Waals surface area contributed by atoms with E-state index in [0.29, 0.717) is 0 Å². The maximum atomic E-state index is 2.50. The molecule has 0 saturated heterocycles. The standard InChI is InChI=1S/C42H26N2/c1-2-13-28(14-3-1)43-37-20-10-8-16-31(37)36-26-29(23-25-39(36)43)44-38-21-11-9-19-34(38)41-33-18-7-6-17-32(33)40-30-15-5-4-12-27(30)22-24-35(40)42(41)44/h1-26H. The summed E-state index contributed by atoms with van der Waals surface area (Å²) in [5, 5.41) is 12.9. The van der Waals surface area contributed by atoms with E-state index in [0.717, 1.165) is 0 Å². The minimum Gasteiger partial charge on any atom is -0.309 e. The fourth-order valence-electron chi connectivity index (χ4n) is 7.67. The van der Waals surface area contributed by atoms with Crippen molar-refractivity contribution in [2.75, 3.05) is 0 Å². The van der Waals surface area contributed by atoms with Crippen LogP contribution in [0.4, 0.5) is 0 Å². The summed E-state index contributed by atoms with van der Waals surface area (Å²) in [7, 11) is 0. The molecule has 0 bridgehead atoms. The number of nitrogens with zero attached hydrogens (tertiary/aromatic N) is 2. The van der Waals surface area contributed by atoms with Crippen molar-refractivity contribution in [3.63, 3.8) is 0 Å². The van der Waals surface area contributed by atoms with Gasteiger partial charge in [0.15, 0.2) is 0 Å². The molecule has 204 valence electrons. The fourth-order valence-corrected chi connectivity index (χ4v) is 7.67. The van der Waals surface area contributed by atoms with E-state index in [1.165, 1.54) is 87.3 Å². The molecule has 0 N–H and O–H groups in total. The van der Waals surface area contributed by atoms with Gasteiger partial charge in [0.1, 0.15) is 0 Å². The van der Waals surface area contributed by atoms with Crippen molar-refractivity contribution in [3.8, 4) is 11.4 Å². The van der Waals surface area contributed by atoms with Crippen LogP contribution in [-0.4, -0.2) is 9.13 Å². The Hall–Kier alpha value is -5.86. The van der Waals surface area contributed by atoms with Crippen LogP contribution < -0.4 is 0 Å². The molecule has 0 fully saturated rings. The van der Waals surface area contributed by atoms with E-state index < -0.39 is 0 Å². The topological polar surface area (TPSA) is 9.86 Å². The van der Waals surface area contributed by atoms with Gasteiger partial charge in [0.2, 0.25) is 0 Å². The van der Waals surface area contributed by atoms with Gasteiger partial charge < -0.3 is 9.13 Å². The van der Waals surface area contributed by atoms with E-state index >= 15 is 0 Å². The summed E-state index contributed by atoms with van der Waals surface area (Å²) in [5.41, 5.74) is 7.26. The number of hydrogen-bond acceptors (Lipinski definition) is 0. The highest BCUT2D eigenvalue weighted by molar-refractivity contribution is 6.36. The molecule has 2 heteroatoms. The number of rotatable bonds is 2. The van der Waals surface area contributed by atoms with E-state index in [2.05, 4.69) is 167 Å². The molecular formula is C42H26N2. The molecule has 2 nitrogen and oxygen atoms in total. The van der Waals surface area contributed by atoms with Gasteiger partial charge in [-0.25, -0.2) is 0 Å². The second-order valence-corrected chi connectivity index (χ2v) is 11.7. The number of aromatic nitrogens is 2. The second-order valence-electron chi connectivity index (χ2n) is 11.7. The van der Waals surface area contributed by atoms with Crippen LogP contribution in [0.25, 0.3) is 87.3 Å². The largest absolute Gasteiger partial charge is 0.309 e. The van der Waals surface area contributed by atoms with Gasteiger partial charge in [-0.05, 0) is 69.4 Å². The van der Waals surface area contributed by atoms with Crippen LogP contribution in [0.1, 0.15) is 0 Å². The predicted molar refractivity (Wildman–Crippen MR) is 188 cm³/mol. The molecule has 10 aromatic rings. The van der Waals surface area contributed by atoms with Crippen LogP contribution in [0.5, 0.6) is 0 Å². The van der Waals surface area contributed by atoms with Gasteiger partial charge in [0.05, 0.1) is 22.1 Å². The lowest BCUT2D eigenvalue weighted by atomic mass is 9.93. The maximum Gasteiger partial charge on any atom is 0.0626 e. The van der Waals surface area contributed by atoms with E-state index in [-0.39, 0.29) is 0 Å². The summed E-state index contributed by atoms with van der Waals surface area (Å²) in [6.07, 6.45) is 0. The summed E-state index contributed by atoms with van der Waals surface area (Å²) in [6.45, 7) is 0. The third-order valence-electron chi connectivity index (χ3n) is 9.45. The molecule has 0 radical (unpaired) electrons. The molecule has 0 amide bonds. The van der Waals surface area contributed by atoms with Gasteiger partial charge in [-0.3, -0.25) is 0 Å². The van der Waals surface area contributed by atoms with E-state index in [9.17, 15) is 0 Å². The van der Waals surface area contributed by atoms with Crippen molar-refractivity contribution < 1.29 is 0 Å². The van der Waals surface area contributed by atoms with Crippen molar-refractivity contribution in [1.29, 1.82) is 0 Å². The fraction of sp³-hybridized carbons (Fsp3) is 0. The first-order valence-electron chi connectivity index (χ1n) is 15.2. The lowest BCUT2D eigenvalue weighted by molar-refractivity contribution is 1.17. The molecule has 10 rings (SSSR count). The van der Waals surface area contributed by atoms with Crippen molar-refractivity contribution in [2.45, 2.75) is 0 Å². The third-order valence-corrected chi connectivity index (χ3v) is 9.45. The third kappa shape index (κ3) is 3.09. The number of hydrogen-bond donors (Lipinski definition) is 0. The van der Waals surface area contributed by atoms with E-state index in [4.69, 9.17) is 0 Å². The Kier molecular flexibility index (Phi) is 4.75. The highest BCUT2D eigenvalue weighted by Gasteiger charge is 2.21. The molecule has 0 saturated carbocycles. The van der Waals surface area contributed by atoms with Crippen LogP contribution in [0.15, 0.2) is 158 Å². The van der Waals surface area contributed by atoms with Crippen molar-refractivity contribution in [1.82, 2.24) is 9.13 Å². The maximum absolute atomic E-state index is 2.50. The number of para-hydroxylation sites is 3. The molecule has 2 heterocycles. The summed E-state index contributed by atoms with van der Waals surface area (Å²) in [4.78, 5) is 0. The van der Waals surface area contributed by atoms with Crippen molar-refractivity contribution in [3.05, 3.63) is 158 Å². The number of fused-ring (bicyclic) bond motifs is 13. The quantitative estimate of drug-likeness (QED) is 0.187. The summed E-state index contributed by atoms with van der Waals surface area (Å²) < 4.78 is 4.89. The zero-order valence-corrected chi connectivity index (χ0v) is 23.9. The predicted octanol–water partition coefficient (Wildman–Crippen LogP) is 11.3. The van der Waals surface area contributed by atoms with Gasteiger partial charge in [-0.1, -0.05) is 115 Å². The zero-order valence-electron chi connectivity index (χ0n) is 23.9. The van der Waals surface area contributed by atoms with Gasteiger partial charge in [-0.15, -0.1) is 0 Å². The second kappa shape index (κ2) is 8.82. The average Bonchev–Trinajstić information content (AvgIpc) is 3.62. The van der Waals surface area contributed by atoms with Gasteiger partial charge >= 0.3 is 0 Å². The minimum atomic E-state index is 1.17. The van der Waals surface area contributed by atoms with Crippen LogP contribution in [0, 0.1) is 0 Å². The molecule has 8 aromatic carbocycles. The lowest BCUT2D eigenvalue weighted by Crippen LogP contribution is -1.96.